The average molecular weight is 411 g/mol. The van der Waals surface area contributed by atoms with Gasteiger partial charge in [-0.25, -0.2) is 0 Å². The molecule has 0 aliphatic rings. The van der Waals surface area contributed by atoms with E-state index in [0.717, 1.165) is 24.2 Å². The van der Waals surface area contributed by atoms with Gasteiger partial charge < -0.3 is 15.0 Å². The summed E-state index contributed by atoms with van der Waals surface area (Å²) in [6, 6.07) is 19.2. The van der Waals surface area contributed by atoms with E-state index in [2.05, 4.69) is 17.4 Å². The van der Waals surface area contributed by atoms with Gasteiger partial charge in [-0.2, -0.15) is 0 Å². The molecule has 1 N–H and O–H groups in total. The van der Waals surface area contributed by atoms with Gasteiger partial charge in [0, 0.05) is 19.5 Å². The van der Waals surface area contributed by atoms with Gasteiger partial charge in [0.2, 0.25) is 11.8 Å². The van der Waals surface area contributed by atoms with Crippen LogP contribution in [-0.4, -0.2) is 42.5 Å². The molecule has 0 unspecified atom stereocenters. The monoisotopic (exact) mass is 410 g/mol. The van der Waals surface area contributed by atoms with Crippen molar-refractivity contribution in [3.63, 3.8) is 0 Å². The van der Waals surface area contributed by atoms with Gasteiger partial charge in [-0.15, -0.1) is 0 Å². The van der Waals surface area contributed by atoms with Crippen molar-refractivity contribution in [2.75, 3.05) is 19.7 Å². The lowest BCUT2D eigenvalue weighted by atomic mass is 10.1. The van der Waals surface area contributed by atoms with Crippen molar-refractivity contribution in [1.29, 1.82) is 0 Å². The number of hydrogen-bond donors (Lipinski definition) is 1. The van der Waals surface area contributed by atoms with Crippen LogP contribution < -0.4 is 10.1 Å². The molecule has 0 spiro atoms. The van der Waals surface area contributed by atoms with Gasteiger partial charge in [0.1, 0.15) is 11.8 Å². The molecule has 0 aliphatic carbocycles. The quantitative estimate of drug-likeness (QED) is 0.503. The number of nitrogens with zero attached hydrogens (tertiary/aromatic N) is 1. The van der Waals surface area contributed by atoms with Gasteiger partial charge in [-0.1, -0.05) is 62.4 Å². The first-order valence-electron chi connectivity index (χ1n) is 10.9. The minimum absolute atomic E-state index is 0.00101. The molecular formula is C25H34N2O3. The van der Waals surface area contributed by atoms with Crippen LogP contribution in [-0.2, 0) is 16.0 Å². The zero-order valence-electron chi connectivity index (χ0n) is 18.2. The number of amides is 2. The zero-order valence-corrected chi connectivity index (χ0v) is 18.2. The van der Waals surface area contributed by atoms with E-state index in [1.807, 2.05) is 62.4 Å². The Morgan fingerprint density at radius 1 is 1.00 bits per heavy atom. The molecule has 30 heavy (non-hydrogen) atoms. The molecule has 1 atom stereocenters. The molecule has 0 saturated heterocycles. The van der Waals surface area contributed by atoms with Crippen molar-refractivity contribution in [2.45, 2.75) is 52.0 Å². The van der Waals surface area contributed by atoms with Gasteiger partial charge in [0.05, 0.1) is 6.61 Å². The Morgan fingerprint density at radius 2 is 1.67 bits per heavy atom. The molecule has 2 amide bonds. The molecular weight excluding hydrogens is 376 g/mol. The fourth-order valence-electron chi connectivity index (χ4n) is 3.34. The summed E-state index contributed by atoms with van der Waals surface area (Å²) < 4.78 is 5.70. The highest BCUT2D eigenvalue weighted by atomic mass is 16.5. The van der Waals surface area contributed by atoms with E-state index in [4.69, 9.17) is 4.74 Å². The van der Waals surface area contributed by atoms with Gasteiger partial charge >= 0.3 is 0 Å². The standard InChI is InChI=1S/C25H34N2O3/c1-3-18-26-25(29)23(4-2)27(19-17-21-12-7-5-8-13-21)24(28)16-11-20-30-22-14-9-6-10-15-22/h5-10,12-15,23H,3-4,11,16-20H2,1-2H3,(H,26,29)/t23-/m0/s1. The van der Waals surface area contributed by atoms with Crippen LogP contribution in [0.4, 0.5) is 0 Å². The van der Waals surface area contributed by atoms with Crippen LogP contribution >= 0.6 is 0 Å². The normalized spacial score (nSPS) is 11.5. The predicted octanol–water partition coefficient (Wildman–Crippen LogP) is 4.22. The van der Waals surface area contributed by atoms with Crippen molar-refractivity contribution in [3.8, 4) is 5.75 Å². The Kier molecular flexibility index (Phi) is 10.5. The highest BCUT2D eigenvalue weighted by Crippen LogP contribution is 2.13. The smallest absolute Gasteiger partial charge is 0.242 e. The Balaban J connectivity index is 1.96. The number of ether oxygens (including phenoxy) is 1. The molecule has 2 aromatic rings. The Morgan fingerprint density at radius 3 is 2.30 bits per heavy atom. The summed E-state index contributed by atoms with van der Waals surface area (Å²) in [5.41, 5.74) is 1.16. The van der Waals surface area contributed by atoms with Crippen LogP contribution in [0.2, 0.25) is 0 Å². The van der Waals surface area contributed by atoms with Crippen molar-refractivity contribution < 1.29 is 14.3 Å². The third-order valence-electron chi connectivity index (χ3n) is 4.97. The first-order valence-corrected chi connectivity index (χ1v) is 10.9. The maximum absolute atomic E-state index is 13.0. The third kappa shape index (κ3) is 7.90. The number of para-hydroxylation sites is 1. The fourth-order valence-corrected chi connectivity index (χ4v) is 3.34. The third-order valence-corrected chi connectivity index (χ3v) is 4.97. The summed E-state index contributed by atoms with van der Waals surface area (Å²) >= 11 is 0. The van der Waals surface area contributed by atoms with Gasteiger partial charge in [0.25, 0.3) is 0 Å². The minimum Gasteiger partial charge on any atom is -0.494 e. The molecule has 0 aliphatic heterocycles. The van der Waals surface area contributed by atoms with Crippen molar-refractivity contribution in [2.24, 2.45) is 0 Å². The summed E-state index contributed by atoms with van der Waals surface area (Å²) in [6.45, 7) is 5.60. The Bertz CT molecular complexity index is 750. The molecule has 0 fully saturated rings. The van der Waals surface area contributed by atoms with E-state index in [1.54, 1.807) is 4.90 Å². The Labute approximate surface area is 180 Å². The maximum atomic E-state index is 13.0. The Hall–Kier alpha value is -2.82. The molecule has 0 heterocycles. The number of rotatable bonds is 13. The van der Waals surface area contributed by atoms with Crippen LogP contribution in [0.3, 0.4) is 0 Å². The number of benzene rings is 2. The second kappa shape index (κ2) is 13.4. The number of carbonyl (C=O) groups excluding carboxylic acids is 2. The summed E-state index contributed by atoms with van der Waals surface area (Å²) in [5.74, 6) is 0.735. The topological polar surface area (TPSA) is 58.6 Å². The molecule has 0 bridgehead atoms. The highest BCUT2D eigenvalue weighted by Gasteiger charge is 2.27. The highest BCUT2D eigenvalue weighted by molar-refractivity contribution is 5.87. The van der Waals surface area contributed by atoms with Crippen LogP contribution in [0.5, 0.6) is 5.75 Å². The summed E-state index contributed by atoms with van der Waals surface area (Å²) in [6.07, 6.45) is 3.17. The molecule has 5 nitrogen and oxygen atoms in total. The first-order chi connectivity index (χ1) is 14.7. The molecule has 0 aromatic heterocycles. The summed E-state index contributed by atoms with van der Waals surface area (Å²) in [4.78, 5) is 27.5. The summed E-state index contributed by atoms with van der Waals surface area (Å²) in [5, 5.41) is 2.95. The molecule has 2 aromatic carbocycles. The molecule has 2 rings (SSSR count). The molecule has 5 heteroatoms. The van der Waals surface area contributed by atoms with E-state index in [-0.39, 0.29) is 11.8 Å². The van der Waals surface area contributed by atoms with E-state index in [9.17, 15) is 9.59 Å². The van der Waals surface area contributed by atoms with Crippen molar-refractivity contribution in [1.82, 2.24) is 10.2 Å². The van der Waals surface area contributed by atoms with Crippen molar-refractivity contribution >= 4 is 11.8 Å². The number of carbonyl (C=O) groups is 2. The first kappa shape index (κ1) is 23.5. The maximum Gasteiger partial charge on any atom is 0.242 e. The lowest BCUT2D eigenvalue weighted by Crippen LogP contribution is -2.50. The van der Waals surface area contributed by atoms with Crippen molar-refractivity contribution in [3.05, 3.63) is 66.2 Å². The van der Waals surface area contributed by atoms with E-state index in [0.29, 0.717) is 39.0 Å². The van der Waals surface area contributed by atoms with E-state index < -0.39 is 6.04 Å². The van der Waals surface area contributed by atoms with E-state index in [1.165, 1.54) is 0 Å². The molecule has 0 saturated carbocycles. The van der Waals surface area contributed by atoms with Crippen LogP contribution in [0.25, 0.3) is 0 Å². The minimum atomic E-state index is -0.442. The zero-order chi connectivity index (χ0) is 21.6. The lowest BCUT2D eigenvalue weighted by molar-refractivity contribution is -0.140. The summed E-state index contributed by atoms with van der Waals surface area (Å²) in [7, 11) is 0. The number of nitrogens with one attached hydrogen (secondary N) is 1. The van der Waals surface area contributed by atoms with Crippen LogP contribution in [0.15, 0.2) is 60.7 Å². The molecule has 0 radical (unpaired) electrons. The second-order valence-electron chi connectivity index (χ2n) is 7.30. The van der Waals surface area contributed by atoms with Gasteiger partial charge in [-0.3, -0.25) is 9.59 Å². The second-order valence-corrected chi connectivity index (χ2v) is 7.30. The molecule has 162 valence electrons. The van der Waals surface area contributed by atoms with Crippen LogP contribution in [0, 0.1) is 0 Å². The van der Waals surface area contributed by atoms with Crippen LogP contribution in [0.1, 0.15) is 45.1 Å². The SMILES string of the molecule is CCCNC(=O)[C@H](CC)N(CCc1ccccc1)C(=O)CCCOc1ccccc1. The number of hydrogen-bond acceptors (Lipinski definition) is 3. The average Bonchev–Trinajstić information content (AvgIpc) is 2.79. The fraction of sp³-hybridized carbons (Fsp3) is 0.440. The van der Waals surface area contributed by atoms with Gasteiger partial charge in [-0.05, 0) is 43.4 Å². The van der Waals surface area contributed by atoms with E-state index >= 15 is 0 Å². The predicted molar refractivity (Wildman–Crippen MR) is 120 cm³/mol. The largest absolute Gasteiger partial charge is 0.494 e. The lowest BCUT2D eigenvalue weighted by Gasteiger charge is -2.30. The van der Waals surface area contributed by atoms with Gasteiger partial charge in [0.15, 0.2) is 0 Å².